The van der Waals surface area contributed by atoms with Crippen LogP contribution in [0.1, 0.15) is 43.3 Å². The summed E-state index contributed by atoms with van der Waals surface area (Å²) in [5.41, 5.74) is 1.13. The number of guanidine groups is 1. The lowest BCUT2D eigenvalue weighted by atomic mass is 10.1. The largest absolute Gasteiger partial charge is 0.356 e. The van der Waals surface area contributed by atoms with Gasteiger partial charge in [0.2, 0.25) is 0 Å². The van der Waals surface area contributed by atoms with E-state index in [2.05, 4.69) is 44.7 Å². The summed E-state index contributed by atoms with van der Waals surface area (Å²) < 4.78 is 0. The van der Waals surface area contributed by atoms with Crippen LogP contribution in [0.3, 0.4) is 0 Å². The third-order valence-electron chi connectivity index (χ3n) is 4.22. The molecule has 0 unspecified atom stereocenters. The molecule has 2 heterocycles. The summed E-state index contributed by atoms with van der Waals surface area (Å²) in [6, 6.07) is 0.552. The van der Waals surface area contributed by atoms with Gasteiger partial charge in [-0.3, -0.25) is 4.99 Å². The van der Waals surface area contributed by atoms with Crippen LogP contribution in [0.25, 0.3) is 0 Å². The topological polar surface area (TPSA) is 52.5 Å². The number of aryl methyl sites for hydroxylation is 2. The number of hydrogen-bond acceptors (Lipinski definition) is 4. The van der Waals surface area contributed by atoms with Gasteiger partial charge in [-0.2, -0.15) is 0 Å². The van der Waals surface area contributed by atoms with Crippen LogP contribution < -0.4 is 10.6 Å². The van der Waals surface area contributed by atoms with Crippen LogP contribution in [0.4, 0.5) is 0 Å². The van der Waals surface area contributed by atoms with Gasteiger partial charge in [0.05, 0.1) is 5.01 Å². The Balaban J connectivity index is 1.62. The van der Waals surface area contributed by atoms with E-state index in [9.17, 15) is 0 Å². The highest BCUT2D eigenvalue weighted by Crippen LogP contribution is 2.11. The smallest absolute Gasteiger partial charge is 0.191 e. The summed E-state index contributed by atoms with van der Waals surface area (Å²) in [7, 11) is 1.85. The van der Waals surface area contributed by atoms with Crippen molar-refractivity contribution in [2.45, 2.75) is 52.0 Å². The standard InChI is InChI=1S/C17H31N5S/c1-4-10-22-11-7-15(8-12-22)21-17(18-3)19-9-5-6-16-20-14(2)13-23-16/h13,15H,4-12H2,1-3H3,(H2,18,19,21). The molecule has 6 heteroatoms. The van der Waals surface area contributed by atoms with Gasteiger partial charge in [0.15, 0.2) is 5.96 Å². The molecule has 1 aliphatic heterocycles. The average Bonchev–Trinajstić information content (AvgIpc) is 2.97. The fourth-order valence-electron chi connectivity index (χ4n) is 2.97. The summed E-state index contributed by atoms with van der Waals surface area (Å²) in [6.45, 7) is 8.87. The Morgan fingerprint density at radius 3 is 2.83 bits per heavy atom. The van der Waals surface area contributed by atoms with E-state index in [1.807, 2.05) is 7.05 Å². The molecule has 0 atom stereocenters. The van der Waals surface area contributed by atoms with Crippen molar-refractivity contribution in [3.63, 3.8) is 0 Å². The summed E-state index contributed by atoms with van der Waals surface area (Å²) in [6.07, 6.45) is 5.79. The molecule has 0 radical (unpaired) electrons. The number of aromatic nitrogens is 1. The molecular weight excluding hydrogens is 306 g/mol. The lowest BCUT2D eigenvalue weighted by Crippen LogP contribution is -2.48. The third-order valence-corrected chi connectivity index (χ3v) is 5.24. The Kier molecular flexibility index (Phi) is 7.82. The fourth-order valence-corrected chi connectivity index (χ4v) is 3.79. The zero-order chi connectivity index (χ0) is 16.5. The number of aliphatic imine (C=N–C) groups is 1. The fraction of sp³-hybridized carbons (Fsp3) is 0.765. The van der Waals surface area contributed by atoms with Crippen molar-refractivity contribution < 1.29 is 0 Å². The van der Waals surface area contributed by atoms with Gasteiger partial charge < -0.3 is 15.5 Å². The normalized spacial score (nSPS) is 17.4. The van der Waals surface area contributed by atoms with Crippen LogP contribution in [0.15, 0.2) is 10.4 Å². The van der Waals surface area contributed by atoms with Crippen LogP contribution in [-0.2, 0) is 6.42 Å². The first-order chi connectivity index (χ1) is 11.2. The number of hydrogen-bond donors (Lipinski definition) is 2. The van der Waals surface area contributed by atoms with Crippen molar-refractivity contribution in [1.29, 1.82) is 0 Å². The molecular formula is C17H31N5S. The predicted molar refractivity (Wildman–Crippen MR) is 99.4 cm³/mol. The van der Waals surface area contributed by atoms with Crippen LogP contribution >= 0.6 is 11.3 Å². The molecule has 1 aliphatic rings. The quantitative estimate of drug-likeness (QED) is 0.456. The summed E-state index contributed by atoms with van der Waals surface area (Å²) >= 11 is 1.76. The van der Waals surface area contributed by atoms with Gasteiger partial charge in [0.25, 0.3) is 0 Å². The first kappa shape index (κ1) is 18.2. The Morgan fingerprint density at radius 1 is 1.43 bits per heavy atom. The van der Waals surface area contributed by atoms with Crippen LogP contribution in [0.2, 0.25) is 0 Å². The van der Waals surface area contributed by atoms with Crippen molar-refractivity contribution in [3.05, 3.63) is 16.1 Å². The van der Waals surface area contributed by atoms with Gasteiger partial charge in [-0.25, -0.2) is 4.98 Å². The number of nitrogens with zero attached hydrogens (tertiary/aromatic N) is 3. The minimum Gasteiger partial charge on any atom is -0.356 e. The second-order valence-corrected chi connectivity index (χ2v) is 7.19. The molecule has 2 rings (SSSR count). The Morgan fingerprint density at radius 2 is 2.22 bits per heavy atom. The van der Waals surface area contributed by atoms with E-state index >= 15 is 0 Å². The van der Waals surface area contributed by atoms with E-state index in [1.165, 1.54) is 43.9 Å². The van der Waals surface area contributed by atoms with Gasteiger partial charge in [-0.15, -0.1) is 11.3 Å². The summed E-state index contributed by atoms with van der Waals surface area (Å²) in [4.78, 5) is 11.4. The van der Waals surface area contributed by atoms with Crippen LogP contribution in [0, 0.1) is 6.92 Å². The molecule has 0 bridgehead atoms. The molecule has 0 aromatic carbocycles. The number of nitrogens with one attached hydrogen (secondary N) is 2. The van der Waals surface area contributed by atoms with Crippen LogP contribution in [0.5, 0.6) is 0 Å². The second kappa shape index (κ2) is 9.88. The van der Waals surface area contributed by atoms with Gasteiger partial charge in [-0.1, -0.05) is 6.92 Å². The molecule has 0 spiro atoms. The molecule has 0 aliphatic carbocycles. The SMILES string of the molecule is CCCN1CCC(NC(=NC)NCCCc2nc(C)cs2)CC1. The maximum Gasteiger partial charge on any atom is 0.191 e. The molecule has 1 fully saturated rings. The molecule has 5 nitrogen and oxygen atoms in total. The van der Waals surface area contributed by atoms with Crippen molar-refractivity contribution >= 4 is 17.3 Å². The highest BCUT2D eigenvalue weighted by Gasteiger charge is 2.19. The Hall–Kier alpha value is -1.14. The van der Waals surface area contributed by atoms with Gasteiger partial charge in [-0.05, 0) is 39.2 Å². The van der Waals surface area contributed by atoms with E-state index in [-0.39, 0.29) is 0 Å². The molecule has 0 amide bonds. The maximum atomic E-state index is 4.50. The van der Waals surface area contributed by atoms with Crippen molar-refractivity contribution in [2.75, 3.05) is 33.2 Å². The molecule has 130 valence electrons. The molecule has 1 aromatic rings. The zero-order valence-corrected chi connectivity index (χ0v) is 15.6. The van der Waals surface area contributed by atoms with E-state index in [4.69, 9.17) is 0 Å². The molecule has 2 N–H and O–H groups in total. The van der Waals surface area contributed by atoms with Crippen molar-refractivity contribution in [1.82, 2.24) is 20.5 Å². The number of likely N-dealkylation sites (tertiary alicyclic amines) is 1. The Labute approximate surface area is 144 Å². The molecule has 1 saturated heterocycles. The molecule has 23 heavy (non-hydrogen) atoms. The minimum atomic E-state index is 0.552. The van der Waals surface area contributed by atoms with Gasteiger partial charge in [0.1, 0.15) is 0 Å². The first-order valence-corrected chi connectivity index (χ1v) is 9.69. The number of piperidine rings is 1. The van der Waals surface area contributed by atoms with E-state index in [0.717, 1.165) is 31.0 Å². The monoisotopic (exact) mass is 337 g/mol. The van der Waals surface area contributed by atoms with E-state index in [1.54, 1.807) is 11.3 Å². The van der Waals surface area contributed by atoms with Crippen LogP contribution in [-0.4, -0.2) is 55.1 Å². The maximum absolute atomic E-state index is 4.50. The first-order valence-electron chi connectivity index (χ1n) is 8.81. The third kappa shape index (κ3) is 6.47. The molecule has 1 aromatic heterocycles. The highest BCUT2D eigenvalue weighted by atomic mass is 32.1. The summed E-state index contributed by atoms with van der Waals surface area (Å²) in [5.74, 6) is 0.939. The lowest BCUT2D eigenvalue weighted by Gasteiger charge is -2.32. The number of rotatable bonds is 7. The van der Waals surface area contributed by atoms with Crippen molar-refractivity contribution in [2.24, 2.45) is 4.99 Å². The molecule has 0 saturated carbocycles. The summed E-state index contributed by atoms with van der Waals surface area (Å²) in [5, 5.41) is 10.4. The zero-order valence-electron chi connectivity index (χ0n) is 14.8. The predicted octanol–water partition coefficient (Wildman–Crippen LogP) is 2.42. The highest BCUT2D eigenvalue weighted by molar-refractivity contribution is 7.09. The van der Waals surface area contributed by atoms with E-state index < -0.39 is 0 Å². The van der Waals surface area contributed by atoms with Gasteiger partial charge >= 0.3 is 0 Å². The number of thiazole rings is 1. The lowest BCUT2D eigenvalue weighted by molar-refractivity contribution is 0.206. The van der Waals surface area contributed by atoms with E-state index in [0.29, 0.717) is 6.04 Å². The average molecular weight is 338 g/mol. The second-order valence-electron chi connectivity index (χ2n) is 6.25. The van der Waals surface area contributed by atoms with Gasteiger partial charge in [0, 0.05) is 50.2 Å². The Bertz CT molecular complexity index is 477. The minimum absolute atomic E-state index is 0.552. The van der Waals surface area contributed by atoms with Crippen molar-refractivity contribution in [3.8, 4) is 0 Å².